The average Bonchev–Trinajstić information content (AvgIpc) is 2.90. The van der Waals surface area contributed by atoms with Gasteiger partial charge in [0.05, 0.1) is 35.3 Å². The van der Waals surface area contributed by atoms with Crippen molar-refractivity contribution in [2.45, 2.75) is 63.2 Å². The van der Waals surface area contributed by atoms with Gasteiger partial charge in [0.15, 0.2) is 0 Å². The third-order valence-corrected chi connectivity index (χ3v) is 8.37. The van der Waals surface area contributed by atoms with Gasteiger partial charge < -0.3 is 24.4 Å². The van der Waals surface area contributed by atoms with Gasteiger partial charge in [-0.05, 0) is 89.7 Å². The van der Waals surface area contributed by atoms with Crippen LogP contribution in [0.4, 0.5) is 10.1 Å². The average molecular weight is 580 g/mol. The summed E-state index contributed by atoms with van der Waals surface area (Å²) in [6, 6.07) is 8.54. The van der Waals surface area contributed by atoms with Gasteiger partial charge in [0.1, 0.15) is 11.6 Å². The first-order valence-electron chi connectivity index (χ1n) is 13.7. The minimum atomic E-state index is -4.04. The molecule has 222 valence electrons. The normalized spacial score (nSPS) is 22.2. The van der Waals surface area contributed by atoms with Crippen LogP contribution in [-0.2, 0) is 14.8 Å². The van der Waals surface area contributed by atoms with Crippen LogP contribution >= 0.6 is 0 Å². The minimum absolute atomic E-state index is 0.0493. The molecule has 1 aliphatic heterocycles. The Morgan fingerprint density at radius 2 is 1.85 bits per heavy atom. The molecule has 2 aromatic rings. The smallest absolute Gasteiger partial charge is 0.261 e. The van der Waals surface area contributed by atoms with E-state index in [9.17, 15) is 22.7 Å². The van der Waals surface area contributed by atoms with E-state index in [1.165, 1.54) is 24.3 Å². The van der Waals surface area contributed by atoms with Crippen molar-refractivity contribution in [2.75, 3.05) is 45.1 Å². The number of nitrogens with one attached hydrogen (secondary N) is 1. The highest BCUT2D eigenvalue weighted by Gasteiger charge is 2.30. The lowest BCUT2D eigenvalue weighted by molar-refractivity contribution is -0.0137. The monoisotopic (exact) mass is 579 g/mol. The molecule has 1 amide bonds. The zero-order chi connectivity index (χ0) is 29.4. The number of carbonyl (C=O) groups is 1. The van der Waals surface area contributed by atoms with E-state index in [-0.39, 0.29) is 46.8 Å². The summed E-state index contributed by atoms with van der Waals surface area (Å²) in [5.74, 6) is -0.651. The number of benzene rings is 2. The van der Waals surface area contributed by atoms with E-state index in [0.29, 0.717) is 25.4 Å². The molecule has 0 aromatic heterocycles. The number of likely N-dealkylation sites (N-methyl/N-ethyl adjacent to an activating group) is 1. The van der Waals surface area contributed by atoms with Gasteiger partial charge >= 0.3 is 0 Å². The number of carbonyl (C=O) groups excluding carboxylic acids is 1. The topological polar surface area (TPSA) is 108 Å². The molecule has 0 fully saturated rings. The highest BCUT2D eigenvalue weighted by atomic mass is 32.2. The number of amides is 1. The lowest BCUT2D eigenvalue weighted by atomic mass is 10.0. The maximum Gasteiger partial charge on any atom is 0.261 e. The number of ether oxygens (including phenoxy) is 2. The van der Waals surface area contributed by atoms with Crippen molar-refractivity contribution in [1.29, 1.82) is 0 Å². The van der Waals surface area contributed by atoms with Crippen LogP contribution in [-0.4, -0.2) is 87.9 Å². The first-order valence-corrected chi connectivity index (χ1v) is 15.2. The Kier molecular flexibility index (Phi) is 11.3. The highest BCUT2D eigenvalue weighted by molar-refractivity contribution is 7.92. The number of nitrogens with zero attached hydrogens (tertiary/aromatic N) is 2. The first kappa shape index (κ1) is 31.8. The van der Waals surface area contributed by atoms with Crippen LogP contribution in [0.15, 0.2) is 47.4 Å². The molecule has 0 radical (unpaired) electrons. The van der Waals surface area contributed by atoms with Gasteiger partial charge in [-0.15, -0.1) is 0 Å². The fourth-order valence-corrected chi connectivity index (χ4v) is 5.69. The van der Waals surface area contributed by atoms with Crippen LogP contribution in [0.1, 0.15) is 50.4 Å². The predicted molar refractivity (Wildman–Crippen MR) is 153 cm³/mol. The number of aliphatic hydroxyl groups excluding tert-OH is 1. The Bertz CT molecular complexity index is 1220. The fraction of sp³-hybridized carbons (Fsp3) is 0.552. The van der Waals surface area contributed by atoms with Crippen LogP contribution < -0.4 is 9.46 Å². The SMILES string of the molecule is C[C@H]1CCCCO[C@H](CN(C)C)[C@@H](C)CN([C@@H](C)CO)C(=O)c2cc(NS(=O)(=O)c3ccc(F)cc3)ccc2O1. The number of aliphatic hydroxyl groups is 1. The lowest BCUT2D eigenvalue weighted by Crippen LogP contribution is -2.47. The van der Waals surface area contributed by atoms with E-state index in [1.54, 1.807) is 17.9 Å². The summed E-state index contributed by atoms with van der Waals surface area (Å²) in [6.07, 6.45) is 2.19. The van der Waals surface area contributed by atoms with Crippen molar-refractivity contribution in [3.05, 3.63) is 53.8 Å². The number of anilines is 1. The third kappa shape index (κ3) is 8.63. The third-order valence-electron chi connectivity index (χ3n) is 6.97. The van der Waals surface area contributed by atoms with Crippen LogP contribution in [0.5, 0.6) is 5.75 Å². The van der Waals surface area contributed by atoms with Gasteiger partial charge in [0, 0.05) is 31.3 Å². The predicted octanol–water partition coefficient (Wildman–Crippen LogP) is 3.98. The second kappa shape index (κ2) is 14.2. The lowest BCUT2D eigenvalue weighted by Gasteiger charge is -2.35. The van der Waals surface area contributed by atoms with Gasteiger partial charge in [0.25, 0.3) is 15.9 Å². The molecule has 0 unspecified atom stereocenters. The van der Waals surface area contributed by atoms with Crippen molar-refractivity contribution < 1.29 is 32.2 Å². The Balaban J connectivity index is 2.02. The Morgan fingerprint density at radius 3 is 2.50 bits per heavy atom. The number of halogens is 1. The summed E-state index contributed by atoms with van der Waals surface area (Å²) in [5, 5.41) is 10.0. The Hall–Kier alpha value is -2.73. The molecule has 2 aromatic carbocycles. The summed E-state index contributed by atoms with van der Waals surface area (Å²) in [7, 11) is -0.0862. The molecule has 2 N–H and O–H groups in total. The number of hydrogen-bond donors (Lipinski definition) is 2. The van der Waals surface area contributed by atoms with Crippen molar-refractivity contribution >= 4 is 21.6 Å². The molecule has 0 aliphatic carbocycles. The fourth-order valence-electron chi connectivity index (χ4n) is 4.64. The molecule has 1 heterocycles. The molecule has 9 nitrogen and oxygen atoms in total. The summed E-state index contributed by atoms with van der Waals surface area (Å²) < 4.78 is 54.2. The highest BCUT2D eigenvalue weighted by Crippen LogP contribution is 2.29. The zero-order valence-corrected chi connectivity index (χ0v) is 24.8. The molecule has 40 heavy (non-hydrogen) atoms. The van der Waals surface area contributed by atoms with Crippen LogP contribution in [0.2, 0.25) is 0 Å². The molecule has 3 rings (SSSR count). The maximum atomic E-state index is 14.1. The number of sulfonamides is 1. The van der Waals surface area contributed by atoms with E-state index in [4.69, 9.17) is 9.47 Å². The van der Waals surface area contributed by atoms with Gasteiger partial charge in [-0.1, -0.05) is 6.92 Å². The molecule has 0 spiro atoms. The van der Waals surface area contributed by atoms with E-state index in [0.717, 1.165) is 31.4 Å². The van der Waals surface area contributed by atoms with Gasteiger partial charge in [0.2, 0.25) is 0 Å². The van der Waals surface area contributed by atoms with Crippen molar-refractivity contribution in [2.24, 2.45) is 5.92 Å². The summed E-state index contributed by atoms with van der Waals surface area (Å²) >= 11 is 0. The van der Waals surface area contributed by atoms with Gasteiger partial charge in [-0.3, -0.25) is 9.52 Å². The second-order valence-electron chi connectivity index (χ2n) is 10.8. The van der Waals surface area contributed by atoms with Gasteiger partial charge in [-0.25, -0.2) is 12.8 Å². The first-order chi connectivity index (χ1) is 18.9. The summed E-state index contributed by atoms with van der Waals surface area (Å²) in [5.41, 5.74) is 0.341. The van der Waals surface area contributed by atoms with Crippen molar-refractivity contribution in [3.8, 4) is 5.75 Å². The number of hydrogen-bond acceptors (Lipinski definition) is 7. The molecule has 4 atom stereocenters. The summed E-state index contributed by atoms with van der Waals surface area (Å²) in [4.78, 5) is 17.6. The van der Waals surface area contributed by atoms with Crippen LogP contribution in [0.25, 0.3) is 0 Å². The van der Waals surface area contributed by atoms with Crippen LogP contribution in [0, 0.1) is 11.7 Å². The van der Waals surface area contributed by atoms with Gasteiger partial charge in [-0.2, -0.15) is 0 Å². The van der Waals surface area contributed by atoms with E-state index in [1.807, 2.05) is 27.9 Å². The van der Waals surface area contributed by atoms with Crippen molar-refractivity contribution in [1.82, 2.24) is 9.80 Å². The largest absolute Gasteiger partial charge is 0.490 e. The number of fused-ring (bicyclic) bond motifs is 1. The molecule has 0 saturated carbocycles. The minimum Gasteiger partial charge on any atom is -0.490 e. The zero-order valence-electron chi connectivity index (χ0n) is 24.0. The van der Waals surface area contributed by atoms with E-state index < -0.39 is 21.9 Å². The second-order valence-corrected chi connectivity index (χ2v) is 12.5. The molecular weight excluding hydrogens is 537 g/mol. The Labute approximate surface area is 237 Å². The molecule has 0 saturated heterocycles. The molecule has 11 heteroatoms. The molecular formula is C29H42FN3O6S. The molecule has 0 bridgehead atoms. The standard InChI is InChI=1S/C29H42FN3O6S/c1-20-17-33(21(2)19-34)29(35)26-16-24(31-40(36,37)25-12-9-23(30)10-13-25)11-14-27(26)39-22(3)8-6-7-15-38-28(20)18-32(4)5/h9-14,16,20-22,28,31,34H,6-8,15,17-19H2,1-5H3/t20-,21-,22-,28+/m0/s1. The Morgan fingerprint density at radius 1 is 1.15 bits per heavy atom. The molecule has 1 aliphatic rings. The number of rotatable bonds is 7. The summed E-state index contributed by atoms with van der Waals surface area (Å²) in [6.45, 7) is 7.07. The maximum absolute atomic E-state index is 14.1. The van der Waals surface area contributed by atoms with E-state index >= 15 is 0 Å². The quantitative estimate of drug-likeness (QED) is 0.511. The van der Waals surface area contributed by atoms with Crippen molar-refractivity contribution in [3.63, 3.8) is 0 Å². The van der Waals surface area contributed by atoms with Crippen LogP contribution in [0.3, 0.4) is 0 Å². The van der Waals surface area contributed by atoms with E-state index in [2.05, 4.69) is 9.62 Å².